The lowest BCUT2D eigenvalue weighted by Crippen LogP contribution is -2.22. The molecule has 2 N–H and O–H groups in total. The van der Waals surface area contributed by atoms with Gasteiger partial charge in [-0.25, -0.2) is 0 Å². The SMILES string of the molecule is N[C@@H]1C=Cc2ccccc2C1. The first-order valence-corrected chi connectivity index (χ1v) is 3.88. The van der Waals surface area contributed by atoms with Crippen molar-refractivity contribution >= 4 is 6.08 Å². The minimum Gasteiger partial charge on any atom is -0.324 e. The lowest BCUT2D eigenvalue weighted by Gasteiger charge is -2.14. The molecule has 0 aliphatic heterocycles. The van der Waals surface area contributed by atoms with Gasteiger partial charge in [-0.1, -0.05) is 36.4 Å². The van der Waals surface area contributed by atoms with Gasteiger partial charge in [0.15, 0.2) is 0 Å². The zero-order valence-electron chi connectivity index (χ0n) is 6.33. The fourth-order valence-corrected chi connectivity index (χ4v) is 1.43. The highest BCUT2D eigenvalue weighted by Gasteiger charge is 2.07. The Kier molecular flexibility index (Phi) is 1.51. The van der Waals surface area contributed by atoms with Crippen LogP contribution in [-0.2, 0) is 6.42 Å². The fraction of sp³-hybridized carbons (Fsp3) is 0.200. The maximum Gasteiger partial charge on any atom is 0.0268 e. The van der Waals surface area contributed by atoms with Crippen molar-refractivity contribution in [2.45, 2.75) is 12.5 Å². The molecule has 11 heavy (non-hydrogen) atoms. The normalized spacial score (nSPS) is 21.4. The summed E-state index contributed by atoms with van der Waals surface area (Å²) >= 11 is 0. The highest BCUT2D eigenvalue weighted by molar-refractivity contribution is 5.57. The molecule has 0 saturated carbocycles. The number of nitrogens with two attached hydrogens (primary N) is 1. The molecule has 0 aromatic heterocycles. The van der Waals surface area contributed by atoms with Crippen molar-refractivity contribution in [2.24, 2.45) is 5.73 Å². The van der Waals surface area contributed by atoms with Gasteiger partial charge in [-0.15, -0.1) is 0 Å². The molecule has 0 radical (unpaired) electrons. The zero-order chi connectivity index (χ0) is 7.68. The molecule has 56 valence electrons. The molecule has 0 saturated heterocycles. The molecule has 0 bridgehead atoms. The van der Waals surface area contributed by atoms with Crippen molar-refractivity contribution in [3.8, 4) is 0 Å². The van der Waals surface area contributed by atoms with Gasteiger partial charge >= 0.3 is 0 Å². The largest absolute Gasteiger partial charge is 0.324 e. The summed E-state index contributed by atoms with van der Waals surface area (Å²) in [5.74, 6) is 0. The molecule has 0 spiro atoms. The summed E-state index contributed by atoms with van der Waals surface area (Å²) in [6.45, 7) is 0. The first-order chi connectivity index (χ1) is 5.36. The van der Waals surface area contributed by atoms with Crippen LogP contribution >= 0.6 is 0 Å². The van der Waals surface area contributed by atoms with Crippen molar-refractivity contribution < 1.29 is 0 Å². The Bertz CT molecular complexity index is 289. The summed E-state index contributed by atoms with van der Waals surface area (Å²) in [5.41, 5.74) is 8.44. The average Bonchev–Trinajstić information content (AvgIpc) is 2.04. The number of hydrogen-bond acceptors (Lipinski definition) is 1. The number of rotatable bonds is 0. The monoisotopic (exact) mass is 145 g/mol. The minimum absolute atomic E-state index is 0.213. The summed E-state index contributed by atoms with van der Waals surface area (Å²) in [6, 6.07) is 8.59. The summed E-state index contributed by atoms with van der Waals surface area (Å²) < 4.78 is 0. The smallest absolute Gasteiger partial charge is 0.0268 e. The van der Waals surface area contributed by atoms with Crippen LogP contribution in [0.25, 0.3) is 6.08 Å². The predicted molar refractivity (Wildman–Crippen MR) is 47.2 cm³/mol. The molecule has 1 nitrogen and oxygen atoms in total. The van der Waals surface area contributed by atoms with Gasteiger partial charge in [0.1, 0.15) is 0 Å². The third-order valence-electron chi connectivity index (χ3n) is 2.03. The Labute approximate surface area is 66.5 Å². The lowest BCUT2D eigenvalue weighted by molar-refractivity contribution is 0.802. The Morgan fingerprint density at radius 3 is 3.00 bits per heavy atom. The Morgan fingerprint density at radius 1 is 1.27 bits per heavy atom. The van der Waals surface area contributed by atoms with Gasteiger partial charge in [0, 0.05) is 6.04 Å². The molecule has 0 heterocycles. The van der Waals surface area contributed by atoms with Gasteiger partial charge in [0.25, 0.3) is 0 Å². The summed E-state index contributed by atoms with van der Waals surface area (Å²) in [5, 5.41) is 0. The molecule has 1 atom stereocenters. The van der Waals surface area contributed by atoms with Crippen LogP contribution in [0.3, 0.4) is 0 Å². The molecule has 1 heteroatoms. The van der Waals surface area contributed by atoms with Crippen LogP contribution in [-0.4, -0.2) is 6.04 Å². The maximum atomic E-state index is 5.76. The van der Waals surface area contributed by atoms with Crippen LogP contribution < -0.4 is 5.73 Å². The van der Waals surface area contributed by atoms with Crippen LogP contribution in [0, 0.1) is 0 Å². The van der Waals surface area contributed by atoms with Crippen molar-refractivity contribution in [1.29, 1.82) is 0 Å². The van der Waals surface area contributed by atoms with Crippen LogP contribution in [0.1, 0.15) is 11.1 Å². The highest BCUT2D eigenvalue weighted by Crippen LogP contribution is 2.17. The standard InChI is InChI=1S/C10H11N/c11-10-6-5-8-3-1-2-4-9(8)7-10/h1-6,10H,7,11H2/t10-/m1/s1. The summed E-state index contributed by atoms with van der Waals surface area (Å²) in [6.07, 6.45) is 5.14. The van der Waals surface area contributed by atoms with Gasteiger partial charge in [-0.2, -0.15) is 0 Å². The molecular formula is C10H11N. The van der Waals surface area contributed by atoms with Crippen molar-refractivity contribution in [3.63, 3.8) is 0 Å². The quantitative estimate of drug-likeness (QED) is 0.589. The molecule has 1 aromatic carbocycles. The van der Waals surface area contributed by atoms with Crippen LogP contribution in [0.2, 0.25) is 0 Å². The number of benzene rings is 1. The Hall–Kier alpha value is -1.08. The molecule has 1 aromatic rings. The Morgan fingerprint density at radius 2 is 2.09 bits per heavy atom. The van der Waals surface area contributed by atoms with E-state index in [-0.39, 0.29) is 6.04 Å². The van der Waals surface area contributed by atoms with E-state index >= 15 is 0 Å². The van der Waals surface area contributed by atoms with Crippen molar-refractivity contribution in [3.05, 3.63) is 41.5 Å². The van der Waals surface area contributed by atoms with Crippen molar-refractivity contribution in [1.82, 2.24) is 0 Å². The topological polar surface area (TPSA) is 26.0 Å². The molecule has 2 rings (SSSR count). The third-order valence-corrected chi connectivity index (χ3v) is 2.03. The second kappa shape index (κ2) is 2.51. The predicted octanol–water partition coefficient (Wildman–Crippen LogP) is 1.58. The Balaban J connectivity index is 2.46. The summed E-state index contributed by atoms with van der Waals surface area (Å²) in [4.78, 5) is 0. The molecule has 0 unspecified atom stereocenters. The van der Waals surface area contributed by atoms with Gasteiger partial charge < -0.3 is 5.73 Å². The zero-order valence-corrected chi connectivity index (χ0v) is 6.33. The van der Waals surface area contributed by atoms with Gasteiger partial charge in [-0.3, -0.25) is 0 Å². The van der Waals surface area contributed by atoms with Crippen molar-refractivity contribution in [2.75, 3.05) is 0 Å². The highest BCUT2D eigenvalue weighted by atomic mass is 14.6. The average molecular weight is 145 g/mol. The van der Waals surface area contributed by atoms with E-state index in [0.29, 0.717) is 0 Å². The van der Waals surface area contributed by atoms with Gasteiger partial charge in [0.2, 0.25) is 0 Å². The van der Waals surface area contributed by atoms with Crippen LogP contribution in [0.15, 0.2) is 30.3 Å². The van der Waals surface area contributed by atoms with E-state index in [0.717, 1.165) is 6.42 Å². The molecule has 1 aliphatic rings. The van der Waals surface area contributed by atoms with E-state index in [4.69, 9.17) is 5.73 Å². The maximum absolute atomic E-state index is 5.76. The second-order valence-electron chi connectivity index (χ2n) is 2.93. The van der Waals surface area contributed by atoms with Gasteiger partial charge in [0.05, 0.1) is 0 Å². The van der Waals surface area contributed by atoms with E-state index < -0.39 is 0 Å². The molecule has 1 aliphatic carbocycles. The summed E-state index contributed by atoms with van der Waals surface area (Å²) in [7, 11) is 0. The van der Waals surface area contributed by atoms with E-state index in [9.17, 15) is 0 Å². The molecular weight excluding hydrogens is 134 g/mol. The van der Waals surface area contributed by atoms with Crippen LogP contribution in [0.5, 0.6) is 0 Å². The number of hydrogen-bond donors (Lipinski definition) is 1. The first-order valence-electron chi connectivity index (χ1n) is 3.88. The minimum atomic E-state index is 0.213. The first kappa shape index (κ1) is 6.62. The third kappa shape index (κ3) is 1.19. The van der Waals surface area contributed by atoms with E-state index in [1.807, 2.05) is 0 Å². The van der Waals surface area contributed by atoms with E-state index in [1.165, 1.54) is 11.1 Å². The van der Waals surface area contributed by atoms with Crippen LogP contribution in [0.4, 0.5) is 0 Å². The molecule has 0 fully saturated rings. The van der Waals surface area contributed by atoms with E-state index in [1.54, 1.807) is 0 Å². The fourth-order valence-electron chi connectivity index (χ4n) is 1.43. The lowest BCUT2D eigenvalue weighted by atomic mass is 9.95. The van der Waals surface area contributed by atoms with Gasteiger partial charge in [-0.05, 0) is 17.5 Å². The number of fused-ring (bicyclic) bond motifs is 1. The second-order valence-corrected chi connectivity index (χ2v) is 2.93. The molecule has 0 amide bonds. The van der Waals surface area contributed by atoms with E-state index in [2.05, 4.69) is 36.4 Å².